The first-order valence-corrected chi connectivity index (χ1v) is 9.61. The fourth-order valence-corrected chi connectivity index (χ4v) is 2.71. The quantitative estimate of drug-likeness (QED) is 0.359. The molecule has 0 atom stereocenters. The Morgan fingerprint density at radius 3 is 2.45 bits per heavy atom. The summed E-state index contributed by atoms with van der Waals surface area (Å²) in [6.45, 7) is 3.90. The minimum atomic E-state index is -0.873. The Bertz CT molecular complexity index is 1110. The smallest absolute Gasteiger partial charge is 0.329 e. The third kappa shape index (κ3) is 5.99. The highest BCUT2D eigenvalue weighted by Crippen LogP contribution is 2.18. The molecule has 3 rings (SSSR count). The number of amides is 2. The molecule has 158 valence electrons. The second-order valence-electron chi connectivity index (χ2n) is 6.85. The zero-order chi connectivity index (χ0) is 22.2. The molecular formula is C24H22FN3O3. The molecule has 0 aliphatic rings. The maximum atomic E-state index is 13.6. The summed E-state index contributed by atoms with van der Waals surface area (Å²) >= 11 is 0. The fraction of sp³-hybridized carbons (Fsp3) is 0.125. The minimum absolute atomic E-state index is 0.117. The molecule has 3 aromatic rings. The van der Waals surface area contributed by atoms with Gasteiger partial charge in [-0.2, -0.15) is 5.10 Å². The largest absolute Gasteiger partial charge is 0.489 e. The highest BCUT2D eigenvalue weighted by Gasteiger charge is 2.14. The number of carbonyl (C=O) groups excluding carboxylic acids is 2. The summed E-state index contributed by atoms with van der Waals surface area (Å²) in [6, 6.07) is 18.7. The summed E-state index contributed by atoms with van der Waals surface area (Å²) in [4.78, 5) is 24.0. The average Bonchev–Trinajstić information content (AvgIpc) is 2.77. The molecular weight excluding hydrogens is 397 g/mol. The van der Waals surface area contributed by atoms with Crippen LogP contribution >= 0.6 is 0 Å². The number of nitrogens with one attached hydrogen (secondary N) is 2. The molecule has 0 unspecified atom stereocenters. The van der Waals surface area contributed by atoms with Crippen molar-refractivity contribution in [2.75, 3.05) is 5.32 Å². The molecule has 0 fully saturated rings. The number of carbonyl (C=O) groups is 2. The van der Waals surface area contributed by atoms with Gasteiger partial charge in [0.2, 0.25) is 0 Å². The maximum absolute atomic E-state index is 13.6. The lowest BCUT2D eigenvalue weighted by Gasteiger charge is -2.09. The molecule has 0 bridgehead atoms. The van der Waals surface area contributed by atoms with E-state index in [1.165, 1.54) is 12.3 Å². The molecule has 6 nitrogen and oxygen atoms in total. The van der Waals surface area contributed by atoms with E-state index in [0.717, 1.165) is 11.1 Å². The minimum Gasteiger partial charge on any atom is -0.489 e. The summed E-state index contributed by atoms with van der Waals surface area (Å²) in [6.07, 6.45) is 1.41. The lowest BCUT2D eigenvalue weighted by molar-refractivity contribution is -0.136. The number of hydrogen-bond donors (Lipinski definition) is 2. The molecule has 0 saturated carbocycles. The van der Waals surface area contributed by atoms with Gasteiger partial charge >= 0.3 is 11.8 Å². The second kappa shape index (κ2) is 10.2. The molecule has 0 aromatic heterocycles. The van der Waals surface area contributed by atoms with Crippen LogP contribution in [0.1, 0.15) is 22.3 Å². The number of anilines is 1. The van der Waals surface area contributed by atoms with Crippen molar-refractivity contribution in [2.45, 2.75) is 20.5 Å². The van der Waals surface area contributed by atoms with Gasteiger partial charge in [-0.3, -0.25) is 9.59 Å². The van der Waals surface area contributed by atoms with Crippen LogP contribution in [0.2, 0.25) is 0 Å². The van der Waals surface area contributed by atoms with Crippen molar-refractivity contribution in [3.63, 3.8) is 0 Å². The van der Waals surface area contributed by atoms with Gasteiger partial charge in [0.25, 0.3) is 0 Å². The summed E-state index contributed by atoms with van der Waals surface area (Å²) < 4.78 is 19.2. The Balaban J connectivity index is 1.50. The number of hydrazone groups is 1. The van der Waals surface area contributed by atoms with Gasteiger partial charge in [-0.15, -0.1) is 0 Å². The molecule has 0 heterocycles. The Morgan fingerprint density at radius 2 is 1.71 bits per heavy atom. The SMILES string of the molecule is Cc1cccc(NC(=O)C(=O)N/N=C\c2ccc(OCc3ccccc3F)cc2)c1C. The Morgan fingerprint density at radius 1 is 0.968 bits per heavy atom. The van der Waals surface area contributed by atoms with E-state index in [1.54, 1.807) is 54.6 Å². The zero-order valence-electron chi connectivity index (χ0n) is 17.2. The molecule has 3 aromatic carbocycles. The Labute approximate surface area is 179 Å². The van der Waals surface area contributed by atoms with E-state index in [4.69, 9.17) is 4.74 Å². The van der Waals surface area contributed by atoms with Crippen molar-refractivity contribution in [3.8, 4) is 5.75 Å². The van der Waals surface area contributed by atoms with E-state index in [9.17, 15) is 14.0 Å². The van der Waals surface area contributed by atoms with Crippen molar-refractivity contribution in [1.29, 1.82) is 0 Å². The lowest BCUT2D eigenvalue weighted by atomic mass is 10.1. The van der Waals surface area contributed by atoms with Crippen molar-refractivity contribution in [1.82, 2.24) is 5.43 Å². The number of ether oxygens (including phenoxy) is 1. The van der Waals surface area contributed by atoms with Gasteiger partial charge in [-0.25, -0.2) is 9.82 Å². The van der Waals surface area contributed by atoms with Gasteiger partial charge in [0, 0.05) is 11.3 Å². The number of hydrogen-bond acceptors (Lipinski definition) is 4. The summed E-state index contributed by atoms with van der Waals surface area (Å²) in [5.41, 5.74) is 5.84. The lowest BCUT2D eigenvalue weighted by Crippen LogP contribution is -2.32. The maximum Gasteiger partial charge on any atom is 0.329 e. The summed E-state index contributed by atoms with van der Waals surface area (Å²) in [5.74, 6) is -1.43. The van der Waals surface area contributed by atoms with Crippen LogP contribution in [0.4, 0.5) is 10.1 Å². The highest BCUT2D eigenvalue weighted by atomic mass is 19.1. The van der Waals surface area contributed by atoms with Gasteiger partial charge in [-0.1, -0.05) is 30.3 Å². The third-order valence-corrected chi connectivity index (χ3v) is 4.67. The van der Waals surface area contributed by atoms with Crippen LogP contribution < -0.4 is 15.5 Å². The molecule has 0 saturated heterocycles. The summed E-state index contributed by atoms with van der Waals surface area (Å²) in [7, 11) is 0. The van der Waals surface area contributed by atoms with Crippen molar-refractivity contribution >= 4 is 23.7 Å². The van der Waals surface area contributed by atoms with E-state index < -0.39 is 11.8 Å². The molecule has 31 heavy (non-hydrogen) atoms. The third-order valence-electron chi connectivity index (χ3n) is 4.67. The van der Waals surface area contributed by atoms with Crippen LogP contribution in [-0.4, -0.2) is 18.0 Å². The Hall–Kier alpha value is -4.00. The molecule has 0 spiro atoms. The monoisotopic (exact) mass is 419 g/mol. The number of halogens is 1. The topological polar surface area (TPSA) is 79.8 Å². The zero-order valence-corrected chi connectivity index (χ0v) is 17.2. The first-order chi connectivity index (χ1) is 14.9. The first-order valence-electron chi connectivity index (χ1n) is 9.61. The molecule has 0 aliphatic heterocycles. The van der Waals surface area contributed by atoms with Crippen LogP contribution in [-0.2, 0) is 16.2 Å². The van der Waals surface area contributed by atoms with E-state index in [-0.39, 0.29) is 12.4 Å². The second-order valence-corrected chi connectivity index (χ2v) is 6.85. The highest BCUT2D eigenvalue weighted by molar-refractivity contribution is 6.39. The number of benzene rings is 3. The van der Waals surface area contributed by atoms with Crippen LogP contribution in [0.15, 0.2) is 71.8 Å². The van der Waals surface area contributed by atoms with Gasteiger partial charge < -0.3 is 10.1 Å². The van der Waals surface area contributed by atoms with Gasteiger partial charge in [0.1, 0.15) is 18.2 Å². The van der Waals surface area contributed by atoms with Crippen molar-refractivity contribution in [3.05, 3.63) is 94.8 Å². The van der Waals surface area contributed by atoms with Crippen LogP contribution in [0.25, 0.3) is 0 Å². The molecule has 7 heteroatoms. The van der Waals surface area contributed by atoms with E-state index in [1.807, 2.05) is 19.9 Å². The fourth-order valence-electron chi connectivity index (χ4n) is 2.71. The van der Waals surface area contributed by atoms with Gasteiger partial charge in [-0.05, 0) is 66.9 Å². The average molecular weight is 419 g/mol. The summed E-state index contributed by atoms with van der Waals surface area (Å²) in [5, 5.41) is 6.37. The van der Waals surface area contributed by atoms with Crippen LogP contribution in [0, 0.1) is 19.7 Å². The molecule has 0 aliphatic carbocycles. The van der Waals surface area contributed by atoms with Crippen molar-refractivity contribution in [2.24, 2.45) is 5.10 Å². The normalized spacial score (nSPS) is 10.7. The molecule has 2 amide bonds. The van der Waals surface area contributed by atoms with Crippen LogP contribution in [0.3, 0.4) is 0 Å². The number of nitrogens with zero attached hydrogens (tertiary/aromatic N) is 1. The van der Waals surface area contributed by atoms with E-state index in [0.29, 0.717) is 22.6 Å². The molecule has 2 N–H and O–H groups in total. The predicted octanol–water partition coefficient (Wildman–Crippen LogP) is 4.11. The number of rotatable bonds is 6. The van der Waals surface area contributed by atoms with Gasteiger partial charge in [0.15, 0.2) is 0 Å². The van der Waals surface area contributed by atoms with E-state index in [2.05, 4.69) is 15.8 Å². The standard InChI is InChI=1S/C24H22FN3O3/c1-16-6-5-9-22(17(16)2)27-23(29)24(30)28-26-14-18-10-12-20(13-11-18)31-15-19-7-3-4-8-21(19)25/h3-14H,15H2,1-2H3,(H,27,29)(H,28,30)/b26-14-. The van der Waals surface area contributed by atoms with Crippen molar-refractivity contribution < 1.29 is 18.7 Å². The Kier molecular flexibility index (Phi) is 7.11. The van der Waals surface area contributed by atoms with Gasteiger partial charge in [0.05, 0.1) is 6.21 Å². The number of aryl methyl sites for hydroxylation is 1. The van der Waals surface area contributed by atoms with Crippen LogP contribution in [0.5, 0.6) is 5.75 Å². The molecule has 0 radical (unpaired) electrons. The predicted molar refractivity (Wildman–Crippen MR) is 117 cm³/mol. The van der Waals surface area contributed by atoms with E-state index >= 15 is 0 Å². The first kappa shape index (κ1) is 21.7.